The van der Waals surface area contributed by atoms with Gasteiger partial charge in [0.25, 0.3) is 5.91 Å². The van der Waals surface area contributed by atoms with Crippen LogP contribution in [0.4, 0.5) is 5.69 Å². The molecule has 0 atom stereocenters. The van der Waals surface area contributed by atoms with E-state index in [-0.39, 0.29) is 12.5 Å². The summed E-state index contributed by atoms with van der Waals surface area (Å²) in [5, 5.41) is 7.11. The molecule has 102 valence electrons. The van der Waals surface area contributed by atoms with Gasteiger partial charge in [0, 0.05) is 11.1 Å². The van der Waals surface area contributed by atoms with Crippen molar-refractivity contribution in [2.45, 2.75) is 13.5 Å². The summed E-state index contributed by atoms with van der Waals surface area (Å²) in [5.41, 5.74) is 7.33. The van der Waals surface area contributed by atoms with Crippen LogP contribution in [0.15, 0.2) is 23.0 Å². The zero-order valence-corrected chi connectivity index (χ0v) is 11.4. The van der Waals surface area contributed by atoms with Gasteiger partial charge in [0.1, 0.15) is 9.71 Å². The van der Waals surface area contributed by atoms with Crippen LogP contribution in [0.3, 0.4) is 0 Å². The molecule has 3 aromatic rings. The first kappa shape index (κ1) is 12.5. The Morgan fingerprint density at radius 1 is 1.50 bits per heavy atom. The van der Waals surface area contributed by atoms with E-state index >= 15 is 0 Å². The first-order chi connectivity index (χ1) is 9.65. The van der Waals surface area contributed by atoms with Crippen molar-refractivity contribution in [1.29, 1.82) is 0 Å². The molecule has 20 heavy (non-hydrogen) atoms. The lowest BCUT2D eigenvalue weighted by molar-refractivity contribution is 0.0954. The predicted molar refractivity (Wildman–Crippen MR) is 74.2 cm³/mol. The Labute approximate surface area is 117 Å². The molecule has 1 amide bonds. The van der Waals surface area contributed by atoms with Crippen LogP contribution in [0, 0.1) is 6.92 Å². The maximum Gasteiger partial charge on any atom is 0.263 e. The van der Waals surface area contributed by atoms with Gasteiger partial charge in [-0.3, -0.25) is 4.79 Å². The molecule has 3 N–H and O–H groups in total. The van der Waals surface area contributed by atoms with Gasteiger partial charge in [-0.05, 0) is 19.1 Å². The molecule has 8 heteroatoms. The zero-order valence-electron chi connectivity index (χ0n) is 10.6. The minimum absolute atomic E-state index is 0.190. The van der Waals surface area contributed by atoms with Crippen LogP contribution in [0.2, 0.25) is 0 Å². The molecular formula is C12H11N5O2S. The number of thiophene rings is 1. The Morgan fingerprint density at radius 3 is 3.10 bits per heavy atom. The van der Waals surface area contributed by atoms with E-state index in [1.54, 1.807) is 0 Å². The fourth-order valence-corrected chi connectivity index (χ4v) is 2.82. The SMILES string of the molecule is Cc1ccc2c(N)c(C(=O)NCc3ncon3)sc2n1. The molecule has 0 fully saturated rings. The summed E-state index contributed by atoms with van der Waals surface area (Å²) < 4.78 is 4.59. The number of nitrogens with one attached hydrogen (secondary N) is 1. The lowest BCUT2D eigenvalue weighted by atomic mass is 10.2. The summed E-state index contributed by atoms with van der Waals surface area (Å²) in [5.74, 6) is 0.139. The van der Waals surface area contributed by atoms with Gasteiger partial charge in [-0.1, -0.05) is 5.16 Å². The van der Waals surface area contributed by atoms with E-state index in [0.717, 1.165) is 15.9 Å². The maximum atomic E-state index is 12.1. The minimum atomic E-state index is -0.270. The molecule has 0 saturated heterocycles. The van der Waals surface area contributed by atoms with Gasteiger partial charge in [0.05, 0.1) is 12.2 Å². The van der Waals surface area contributed by atoms with Gasteiger partial charge in [-0.25, -0.2) is 4.98 Å². The third-order valence-electron chi connectivity index (χ3n) is 2.75. The van der Waals surface area contributed by atoms with Crippen LogP contribution in [0.25, 0.3) is 10.2 Å². The molecule has 0 unspecified atom stereocenters. The van der Waals surface area contributed by atoms with Crippen LogP contribution in [0.5, 0.6) is 0 Å². The Bertz CT molecular complexity index is 766. The number of fused-ring (bicyclic) bond motifs is 1. The minimum Gasteiger partial charge on any atom is -0.397 e. The molecular weight excluding hydrogens is 278 g/mol. The van der Waals surface area contributed by atoms with Gasteiger partial charge in [-0.15, -0.1) is 11.3 Å². The number of nitrogen functional groups attached to an aromatic ring is 1. The third-order valence-corrected chi connectivity index (χ3v) is 3.87. The van der Waals surface area contributed by atoms with E-state index < -0.39 is 0 Å². The van der Waals surface area contributed by atoms with Crippen molar-refractivity contribution in [2.24, 2.45) is 0 Å². The standard InChI is InChI=1S/C12H11N5O2S/c1-6-2-3-7-9(13)10(20-12(7)16-6)11(18)14-4-8-15-5-19-17-8/h2-3,5H,4,13H2,1H3,(H,14,18). The van der Waals surface area contributed by atoms with E-state index in [1.165, 1.54) is 17.7 Å². The highest BCUT2D eigenvalue weighted by Gasteiger charge is 2.17. The number of hydrogen-bond donors (Lipinski definition) is 2. The zero-order chi connectivity index (χ0) is 14.1. The van der Waals surface area contributed by atoms with Crippen molar-refractivity contribution in [1.82, 2.24) is 20.4 Å². The highest BCUT2D eigenvalue weighted by molar-refractivity contribution is 7.21. The van der Waals surface area contributed by atoms with E-state index in [0.29, 0.717) is 16.4 Å². The third kappa shape index (κ3) is 2.21. The molecule has 0 aliphatic heterocycles. The van der Waals surface area contributed by atoms with Crippen molar-refractivity contribution >= 4 is 33.1 Å². The number of anilines is 1. The largest absolute Gasteiger partial charge is 0.397 e. The van der Waals surface area contributed by atoms with Crippen molar-refractivity contribution in [3.63, 3.8) is 0 Å². The number of rotatable bonds is 3. The fourth-order valence-electron chi connectivity index (χ4n) is 1.77. The second-order valence-electron chi connectivity index (χ2n) is 4.18. The fraction of sp³-hybridized carbons (Fsp3) is 0.167. The first-order valence-electron chi connectivity index (χ1n) is 5.84. The molecule has 0 aliphatic rings. The number of nitrogens with two attached hydrogens (primary N) is 1. The van der Waals surface area contributed by atoms with Crippen molar-refractivity contribution in [2.75, 3.05) is 5.73 Å². The molecule has 3 rings (SSSR count). The Kier molecular flexibility index (Phi) is 3.07. The summed E-state index contributed by atoms with van der Waals surface area (Å²) in [4.78, 5) is 21.5. The number of pyridine rings is 1. The highest BCUT2D eigenvalue weighted by atomic mass is 32.1. The molecule has 0 aromatic carbocycles. The second kappa shape index (κ2) is 4.89. The van der Waals surface area contributed by atoms with Gasteiger partial charge >= 0.3 is 0 Å². The first-order valence-corrected chi connectivity index (χ1v) is 6.66. The number of nitrogens with zero attached hydrogens (tertiary/aromatic N) is 3. The van der Waals surface area contributed by atoms with E-state index in [9.17, 15) is 4.79 Å². The number of aryl methyl sites for hydroxylation is 1. The van der Waals surface area contributed by atoms with Crippen molar-refractivity contribution in [3.8, 4) is 0 Å². The summed E-state index contributed by atoms with van der Waals surface area (Å²) in [6.45, 7) is 2.08. The monoisotopic (exact) mass is 289 g/mol. The normalized spacial score (nSPS) is 10.8. The number of carbonyl (C=O) groups excluding carboxylic acids is 1. The van der Waals surface area contributed by atoms with Crippen LogP contribution in [-0.2, 0) is 6.54 Å². The van der Waals surface area contributed by atoms with Crippen LogP contribution in [-0.4, -0.2) is 21.0 Å². The molecule has 0 aliphatic carbocycles. The number of amides is 1. The molecule has 3 aromatic heterocycles. The number of hydrogen-bond acceptors (Lipinski definition) is 7. The maximum absolute atomic E-state index is 12.1. The van der Waals surface area contributed by atoms with E-state index in [1.807, 2.05) is 19.1 Å². The highest BCUT2D eigenvalue weighted by Crippen LogP contribution is 2.32. The second-order valence-corrected chi connectivity index (χ2v) is 5.18. The molecule has 0 bridgehead atoms. The molecule has 0 radical (unpaired) electrons. The summed E-state index contributed by atoms with van der Waals surface area (Å²) in [7, 11) is 0. The van der Waals surface area contributed by atoms with E-state index in [2.05, 4.69) is 25.0 Å². The smallest absolute Gasteiger partial charge is 0.263 e. The van der Waals surface area contributed by atoms with Crippen LogP contribution < -0.4 is 11.1 Å². The summed E-state index contributed by atoms with van der Waals surface area (Å²) in [6.07, 6.45) is 1.21. The Balaban J connectivity index is 1.85. The molecule has 0 spiro atoms. The van der Waals surface area contributed by atoms with Gasteiger partial charge in [0.15, 0.2) is 5.82 Å². The van der Waals surface area contributed by atoms with Gasteiger partial charge < -0.3 is 15.6 Å². The number of carbonyl (C=O) groups is 1. The molecule has 0 saturated carbocycles. The Hall–Kier alpha value is -2.48. The lowest BCUT2D eigenvalue weighted by Gasteiger charge is -2.00. The summed E-state index contributed by atoms with van der Waals surface area (Å²) >= 11 is 1.27. The number of aromatic nitrogens is 3. The average Bonchev–Trinajstić information content (AvgIpc) is 3.04. The van der Waals surface area contributed by atoms with Crippen LogP contribution in [0.1, 0.15) is 21.2 Å². The van der Waals surface area contributed by atoms with Crippen molar-refractivity contribution < 1.29 is 9.32 Å². The van der Waals surface area contributed by atoms with Crippen LogP contribution >= 0.6 is 11.3 Å². The topological polar surface area (TPSA) is 107 Å². The van der Waals surface area contributed by atoms with E-state index in [4.69, 9.17) is 5.73 Å². The quantitative estimate of drug-likeness (QED) is 0.756. The van der Waals surface area contributed by atoms with Gasteiger partial charge in [-0.2, -0.15) is 4.98 Å². The predicted octanol–water partition coefficient (Wildman–Crippen LogP) is 1.50. The molecule has 7 nitrogen and oxygen atoms in total. The Morgan fingerprint density at radius 2 is 2.35 bits per heavy atom. The lowest BCUT2D eigenvalue weighted by Crippen LogP contribution is -2.23. The summed E-state index contributed by atoms with van der Waals surface area (Å²) in [6, 6.07) is 3.74. The van der Waals surface area contributed by atoms with Crippen molar-refractivity contribution in [3.05, 3.63) is 34.9 Å². The molecule has 3 heterocycles. The average molecular weight is 289 g/mol. The van der Waals surface area contributed by atoms with Gasteiger partial charge in [0.2, 0.25) is 6.39 Å².